The van der Waals surface area contributed by atoms with Crippen molar-refractivity contribution in [2.45, 2.75) is 33.0 Å². The van der Waals surface area contributed by atoms with Crippen LogP contribution in [-0.2, 0) is 13.2 Å². The summed E-state index contributed by atoms with van der Waals surface area (Å²) in [6.07, 6.45) is 0. The van der Waals surface area contributed by atoms with Gasteiger partial charge in [0.25, 0.3) is 5.19 Å². The van der Waals surface area contributed by atoms with E-state index in [1.807, 2.05) is 24.3 Å². The van der Waals surface area contributed by atoms with Crippen molar-refractivity contribution in [3.8, 4) is 10.9 Å². The molecule has 0 aliphatic heterocycles. The maximum absolute atomic E-state index is 5.63. The van der Waals surface area contributed by atoms with E-state index in [9.17, 15) is 0 Å². The molecule has 0 radical (unpaired) electrons. The van der Waals surface area contributed by atoms with Crippen molar-refractivity contribution in [1.82, 2.24) is 15.5 Å². The maximum Gasteiger partial charge on any atom is 0.294 e. The molecule has 108 valence electrons. The monoisotopic (exact) mass is 293 g/mol. The number of benzene rings is 1. The second-order valence-electron chi connectivity index (χ2n) is 4.63. The predicted molar refractivity (Wildman–Crippen MR) is 79.2 cm³/mol. The van der Waals surface area contributed by atoms with Crippen molar-refractivity contribution in [2.75, 3.05) is 7.11 Å². The molecule has 20 heavy (non-hydrogen) atoms. The topological polar surface area (TPSA) is 56.3 Å². The van der Waals surface area contributed by atoms with Crippen molar-refractivity contribution in [3.05, 3.63) is 34.8 Å². The van der Waals surface area contributed by atoms with E-state index in [1.54, 1.807) is 7.11 Å². The molecule has 0 bridgehead atoms. The summed E-state index contributed by atoms with van der Waals surface area (Å²) in [5.41, 5.74) is 1.07. The quantitative estimate of drug-likeness (QED) is 0.850. The smallest absolute Gasteiger partial charge is 0.294 e. The van der Waals surface area contributed by atoms with Gasteiger partial charge in [-0.15, -0.1) is 5.10 Å². The Labute approximate surface area is 123 Å². The average molecular weight is 293 g/mol. The van der Waals surface area contributed by atoms with Gasteiger partial charge in [0, 0.05) is 6.04 Å². The van der Waals surface area contributed by atoms with Gasteiger partial charge < -0.3 is 14.8 Å². The lowest BCUT2D eigenvalue weighted by Gasteiger charge is -2.04. The van der Waals surface area contributed by atoms with E-state index in [-0.39, 0.29) is 0 Å². The molecule has 0 aliphatic carbocycles. The van der Waals surface area contributed by atoms with Crippen LogP contribution in [0.15, 0.2) is 24.3 Å². The molecule has 1 aromatic heterocycles. The highest BCUT2D eigenvalue weighted by Crippen LogP contribution is 2.19. The first-order valence-electron chi connectivity index (χ1n) is 6.49. The summed E-state index contributed by atoms with van der Waals surface area (Å²) in [5, 5.41) is 12.9. The van der Waals surface area contributed by atoms with Crippen molar-refractivity contribution in [2.24, 2.45) is 0 Å². The number of hydrogen-bond donors (Lipinski definition) is 1. The van der Waals surface area contributed by atoms with Gasteiger partial charge in [0.2, 0.25) is 0 Å². The molecule has 1 heterocycles. The number of nitrogens with one attached hydrogen (secondary N) is 1. The molecular weight excluding hydrogens is 274 g/mol. The van der Waals surface area contributed by atoms with Crippen LogP contribution in [0.5, 0.6) is 10.9 Å². The number of methoxy groups -OCH3 is 1. The third-order valence-corrected chi connectivity index (χ3v) is 3.47. The number of rotatable bonds is 7. The van der Waals surface area contributed by atoms with Gasteiger partial charge in [0.1, 0.15) is 17.4 Å². The van der Waals surface area contributed by atoms with Crippen LogP contribution >= 0.6 is 11.3 Å². The van der Waals surface area contributed by atoms with E-state index >= 15 is 0 Å². The Balaban J connectivity index is 1.84. The fourth-order valence-electron chi connectivity index (χ4n) is 1.53. The van der Waals surface area contributed by atoms with E-state index in [1.165, 1.54) is 11.3 Å². The summed E-state index contributed by atoms with van der Waals surface area (Å²) in [6, 6.07) is 8.21. The highest BCUT2D eigenvalue weighted by molar-refractivity contribution is 7.13. The molecule has 2 aromatic rings. The molecule has 0 saturated heterocycles. The largest absolute Gasteiger partial charge is 0.497 e. The lowest BCUT2D eigenvalue weighted by Crippen LogP contribution is -2.21. The number of aromatic nitrogens is 2. The molecule has 1 aromatic carbocycles. The maximum atomic E-state index is 5.63. The minimum atomic E-state index is 0.433. The summed E-state index contributed by atoms with van der Waals surface area (Å²) in [6.45, 7) is 5.40. The standard InChI is InChI=1S/C14H19N3O2S/c1-10(2)15-8-13-16-17-14(20-13)19-9-11-4-6-12(18-3)7-5-11/h4-7,10,15H,8-9H2,1-3H3. The third-order valence-electron chi connectivity index (χ3n) is 2.63. The van der Waals surface area contributed by atoms with Gasteiger partial charge in [0.05, 0.1) is 13.7 Å². The Morgan fingerprint density at radius 3 is 2.60 bits per heavy atom. The summed E-state index contributed by atoms with van der Waals surface area (Å²) in [4.78, 5) is 0. The summed E-state index contributed by atoms with van der Waals surface area (Å²) >= 11 is 1.47. The van der Waals surface area contributed by atoms with E-state index < -0.39 is 0 Å². The first kappa shape index (κ1) is 14.7. The average Bonchev–Trinajstić information content (AvgIpc) is 2.91. The summed E-state index contributed by atoms with van der Waals surface area (Å²) in [5.74, 6) is 0.840. The highest BCUT2D eigenvalue weighted by Gasteiger charge is 2.06. The molecule has 0 saturated carbocycles. The van der Waals surface area contributed by atoms with Crippen LogP contribution in [0.4, 0.5) is 0 Å². The molecule has 0 fully saturated rings. The molecule has 5 nitrogen and oxygen atoms in total. The van der Waals surface area contributed by atoms with Gasteiger partial charge in [-0.2, -0.15) is 0 Å². The zero-order valence-corrected chi connectivity index (χ0v) is 12.7. The SMILES string of the molecule is COc1ccc(COc2nnc(CNC(C)C)s2)cc1. The Morgan fingerprint density at radius 1 is 1.20 bits per heavy atom. The van der Waals surface area contributed by atoms with Crippen LogP contribution in [-0.4, -0.2) is 23.3 Å². The second-order valence-corrected chi connectivity index (χ2v) is 5.66. The molecule has 0 atom stereocenters. The zero-order valence-electron chi connectivity index (χ0n) is 11.9. The van der Waals surface area contributed by atoms with Gasteiger partial charge >= 0.3 is 0 Å². The Hall–Kier alpha value is -1.66. The summed E-state index contributed by atoms with van der Waals surface area (Å²) in [7, 11) is 1.65. The van der Waals surface area contributed by atoms with Gasteiger partial charge in [-0.05, 0) is 17.7 Å². The first-order chi connectivity index (χ1) is 9.67. The number of hydrogen-bond acceptors (Lipinski definition) is 6. The minimum absolute atomic E-state index is 0.433. The van der Waals surface area contributed by atoms with Gasteiger partial charge in [-0.1, -0.05) is 42.4 Å². The Kier molecular flexibility index (Phi) is 5.31. The van der Waals surface area contributed by atoms with Crippen molar-refractivity contribution < 1.29 is 9.47 Å². The summed E-state index contributed by atoms with van der Waals surface area (Å²) < 4.78 is 10.7. The highest BCUT2D eigenvalue weighted by atomic mass is 32.1. The molecule has 0 unspecified atom stereocenters. The van der Waals surface area contributed by atoms with Crippen LogP contribution in [0.1, 0.15) is 24.4 Å². The van der Waals surface area contributed by atoms with Gasteiger partial charge in [0.15, 0.2) is 0 Å². The van der Waals surface area contributed by atoms with Crippen LogP contribution < -0.4 is 14.8 Å². The fraction of sp³-hybridized carbons (Fsp3) is 0.429. The molecule has 0 aliphatic rings. The van der Waals surface area contributed by atoms with E-state index in [0.717, 1.165) is 22.9 Å². The Bertz CT molecular complexity index is 525. The molecular formula is C14H19N3O2S. The van der Waals surface area contributed by atoms with Gasteiger partial charge in [-0.3, -0.25) is 0 Å². The van der Waals surface area contributed by atoms with Crippen LogP contribution in [0.25, 0.3) is 0 Å². The van der Waals surface area contributed by atoms with Crippen LogP contribution in [0, 0.1) is 0 Å². The lowest BCUT2D eigenvalue weighted by molar-refractivity contribution is 0.301. The minimum Gasteiger partial charge on any atom is -0.497 e. The molecule has 0 spiro atoms. The lowest BCUT2D eigenvalue weighted by atomic mass is 10.2. The number of ether oxygens (including phenoxy) is 2. The molecule has 0 amide bonds. The molecule has 6 heteroatoms. The van der Waals surface area contributed by atoms with Crippen LogP contribution in [0.2, 0.25) is 0 Å². The first-order valence-corrected chi connectivity index (χ1v) is 7.30. The second kappa shape index (κ2) is 7.21. The third kappa shape index (κ3) is 4.47. The van der Waals surface area contributed by atoms with E-state index in [0.29, 0.717) is 17.8 Å². The fourth-order valence-corrected chi connectivity index (χ4v) is 2.16. The Morgan fingerprint density at radius 2 is 1.95 bits per heavy atom. The van der Waals surface area contributed by atoms with Crippen molar-refractivity contribution in [1.29, 1.82) is 0 Å². The number of nitrogens with zero attached hydrogens (tertiary/aromatic N) is 2. The molecule has 1 N–H and O–H groups in total. The zero-order chi connectivity index (χ0) is 14.4. The van der Waals surface area contributed by atoms with Crippen molar-refractivity contribution >= 4 is 11.3 Å². The normalized spacial score (nSPS) is 10.8. The van der Waals surface area contributed by atoms with E-state index in [4.69, 9.17) is 9.47 Å². The van der Waals surface area contributed by atoms with Crippen molar-refractivity contribution in [3.63, 3.8) is 0 Å². The van der Waals surface area contributed by atoms with E-state index in [2.05, 4.69) is 29.4 Å². The molecule has 2 rings (SSSR count). The van der Waals surface area contributed by atoms with Gasteiger partial charge in [-0.25, -0.2) is 0 Å². The van der Waals surface area contributed by atoms with Crippen LogP contribution in [0.3, 0.4) is 0 Å². The predicted octanol–water partition coefficient (Wildman–Crippen LogP) is 2.62.